The first-order chi connectivity index (χ1) is 21.7. The van der Waals surface area contributed by atoms with Crippen LogP contribution in [0.4, 0.5) is 0 Å². The fourth-order valence-corrected chi connectivity index (χ4v) is 5.19. The van der Waals surface area contributed by atoms with E-state index in [0.29, 0.717) is 39.7 Å². The number of phenols is 2. The van der Waals surface area contributed by atoms with Crippen molar-refractivity contribution in [2.45, 2.75) is 44.4 Å². The van der Waals surface area contributed by atoms with Crippen molar-refractivity contribution in [2.24, 2.45) is 0 Å². The summed E-state index contributed by atoms with van der Waals surface area (Å²) in [6.07, 6.45) is 6.24. The molecular weight excluding hydrogens is 584 g/mol. The fraction of sp³-hybridized carbons (Fsp3) is 0.233. The topological polar surface area (TPSA) is 222 Å². The smallest absolute Gasteiger partial charge is 0.339 e. The number of rotatable bonds is 8. The second-order valence-electron chi connectivity index (χ2n) is 10.7. The molecule has 2 aromatic carbocycles. The number of benzene rings is 2. The van der Waals surface area contributed by atoms with Crippen molar-refractivity contribution in [3.63, 3.8) is 0 Å². The van der Waals surface area contributed by atoms with Gasteiger partial charge in [0.05, 0.1) is 35.2 Å². The molecule has 0 spiro atoms. The number of amides is 1. The second kappa shape index (κ2) is 12.1. The summed E-state index contributed by atoms with van der Waals surface area (Å²) in [5.74, 6) is -2.33. The monoisotopic (exact) mass is 612 g/mol. The molecule has 0 bridgehead atoms. The lowest BCUT2D eigenvalue weighted by molar-refractivity contribution is -0.0438. The second-order valence-corrected chi connectivity index (χ2v) is 10.7. The first-order valence-electron chi connectivity index (χ1n) is 14.1. The quantitative estimate of drug-likeness (QED) is 0.139. The number of hydrogen-bond acceptors (Lipinski definition) is 11. The lowest BCUT2D eigenvalue weighted by atomic mass is 9.95. The van der Waals surface area contributed by atoms with Crippen molar-refractivity contribution in [1.82, 2.24) is 40.3 Å². The number of aromatic carboxylic acids is 1. The van der Waals surface area contributed by atoms with Gasteiger partial charge in [0.25, 0.3) is 5.91 Å². The van der Waals surface area contributed by atoms with E-state index in [1.165, 1.54) is 52.0 Å². The van der Waals surface area contributed by atoms with Crippen LogP contribution >= 0.6 is 0 Å². The summed E-state index contributed by atoms with van der Waals surface area (Å²) in [7, 11) is 0. The highest BCUT2D eigenvalue weighted by atomic mass is 16.5. The van der Waals surface area contributed by atoms with E-state index < -0.39 is 18.0 Å². The molecule has 0 unspecified atom stereocenters. The summed E-state index contributed by atoms with van der Waals surface area (Å²) in [5.41, 5.74) is 1.93. The number of nitrogens with one attached hydrogen (secondary N) is 1. The van der Waals surface area contributed by atoms with E-state index >= 15 is 0 Å². The van der Waals surface area contributed by atoms with Crippen molar-refractivity contribution in [1.29, 1.82) is 0 Å². The number of aliphatic hydroxyl groups excluding tert-OH is 1. The number of carboxylic acid groups (broad SMARTS) is 1. The SMILES string of the molecule is O=C(NC1CCCCC1)c1cc(-c2cn(-c3ccc(C(=O)O)c(O)c3)nn2)nc(-c2cn(-c3ccc(C(O)O)c(O)c3)nn2)c1. The zero-order valence-electron chi connectivity index (χ0n) is 23.6. The van der Waals surface area contributed by atoms with Crippen LogP contribution in [-0.4, -0.2) is 78.4 Å². The molecule has 1 amide bonds. The maximum atomic E-state index is 13.4. The Labute approximate surface area is 255 Å². The predicted molar refractivity (Wildman–Crippen MR) is 157 cm³/mol. The molecule has 230 valence electrons. The molecule has 1 fully saturated rings. The van der Waals surface area contributed by atoms with Gasteiger partial charge < -0.3 is 30.8 Å². The molecule has 45 heavy (non-hydrogen) atoms. The van der Waals surface area contributed by atoms with E-state index in [1.807, 2.05) is 0 Å². The molecule has 0 aliphatic heterocycles. The third-order valence-corrected chi connectivity index (χ3v) is 7.57. The molecule has 3 aromatic heterocycles. The minimum atomic E-state index is -1.84. The van der Waals surface area contributed by atoms with Gasteiger partial charge in [-0.05, 0) is 49.2 Å². The van der Waals surface area contributed by atoms with Crippen LogP contribution in [0.5, 0.6) is 11.5 Å². The van der Waals surface area contributed by atoms with E-state index in [1.54, 1.807) is 18.3 Å². The van der Waals surface area contributed by atoms with Crippen LogP contribution in [-0.2, 0) is 0 Å². The number of carbonyl (C=O) groups is 2. The largest absolute Gasteiger partial charge is 0.507 e. The summed E-state index contributed by atoms with van der Waals surface area (Å²) in [6, 6.07) is 11.4. The highest BCUT2D eigenvalue weighted by Gasteiger charge is 2.21. The van der Waals surface area contributed by atoms with E-state index in [0.717, 1.165) is 32.1 Å². The van der Waals surface area contributed by atoms with Crippen LogP contribution in [0, 0.1) is 0 Å². The number of phenolic OH excluding ortho intramolecular Hbond substituents is 1. The van der Waals surface area contributed by atoms with E-state index in [9.17, 15) is 35.1 Å². The van der Waals surface area contributed by atoms with Crippen molar-refractivity contribution in [2.75, 3.05) is 0 Å². The number of pyridine rings is 1. The van der Waals surface area contributed by atoms with Crippen molar-refractivity contribution in [3.05, 3.63) is 77.6 Å². The number of carbonyl (C=O) groups excluding carboxylic acids is 1. The van der Waals surface area contributed by atoms with Gasteiger partial charge in [-0.1, -0.05) is 29.7 Å². The zero-order chi connectivity index (χ0) is 31.7. The normalized spacial score (nSPS) is 13.7. The Morgan fingerprint density at radius 2 is 1.36 bits per heavy atom. The molecule has 0 atom stereocenters. The Bertz CT molecular complexity index is 1890. The molecule has 5 aromatic rings. The molecule has 1 aliphatic rings. The molecule has 0 saturated heterocycles. The molecule has 6 N–H and O–H groups in total. The minimum absolute atomic E-state index is 0.0580. The van der Waals surface area contributed by atoms with Crippen LogP contribution in [0.15, 0.2) is 60.9 Å². The van der Waals surface area contributed by atoms with Gasteiger partial charge in [0.15, 0.2) is 6.29 Å². The number of hydrogen-bond donors (Lipinski definition) is 6. The summed E-state index contributed by atoms with van der Waals surface area (Å²) in [4.78, 5) is 29.4. The third-order valence-electron chi connectivity index (χ3n) is 7.57. The van der Waals surface area contributed by atoms with Crippen LogP contribution in [0.1, 0.15) is 64.7 Å². The van der Waals surface area contributed by atoms with Gasteiger partial charge >= 0.3 is 5.97 Å². The van der Waals surface area contributed by atoms with Crippen LogP contribution in [0.2, 0.25) is 0 Å². The van der Waals surface area contributed by atoms with Crippen LogP contribution in [0.3, 0.4) is 0 Å². The summed E-state index contributed by atoms with van der Waals surface area (Å²) < 4.78 is 2.70. The average Bonchev–Trinajstić information content (AvgIpc) is 3.72. The van der Waals surface area contributed by atoms with E-state index in [-0.39, 0.29) is 28.8 Å². The van der Waals surface area contributed by atoms with Crippen LogP contribution < -0.4 is 5.32 Å². The van der Waals surface area contributed by atoms with Gasteiger partial charge in [0, 0.05) is 29.3 Å². The van der Waals surface area contributed by atoms with Gasteiger partial charge in [0.2, 0.25) is 0 Å². The molecule has 0 radical (unpaired) electrons. The number of aromatic hydroxyl groups is 2. The predicted octanol–water partition coefficient (Wildman–Crippen LogP) is 2.73. The molecule has 6 rings (SSSR count). The Kier molecular flexibility index (Phi) is 7.93. The first-order valence-corrected chi connectivity index (χ1v) is 14.1. The lowest BCUT2D eigenvalue weighted by Gasteiger charge is -2.22. The van der Waals surface area contributed by atoms with Crippen molar-refractivity contribution < 1.29 is 35.1 Å². The molecule has 15 heteroatoms. The molecular formula is C30H28N8O7. The van der Waals surface area contributed by atoms with E-state index in [4.69, 9.17) is 0 Å². The van der Waals surface area contributed by atoms with Gasteiger partial charge in [0.1, 0.15) is 28.5 Å². The standard InChI is InChI=1S/C30H28N8O7/c39-26-12-18(6-8-20(26)29(42)43)37-14-24(33-35-37)22-10-16(28(41)31-17-4-2-1-3-5-17)11-23(32-22)25-15-38(36-34-25)19-7-9-21(30(44)45)27(40)13-19/h6-15,17,29,39-40,42-43H,1-5H2,(H,31,41)(H,44,45). The minimum Gasteiger partial charge on any atom is -0.507 e. The van der Waals surface area contributed by atoms with Crippen molar-refractivity contribution in [3.8, 4) is 45.6 Å². The highest BCUT2D eigenvalue weighted by molar-refractivity contribution is 5.96. The number of aliphatic hydroxyl groups is 2. The van der Waals surface area contributed by atoms with E-state index in [2.05, 4.69) is 30.9 Å². The summed E-state index contributed by atoms with van der Waals surface area (Å²) in [5, 5.41) is 68.0. The zero-order valence-corrected chi connectivity index (χ0v) is 23.6. The number of carboxylic acids is 1. The third kappa shape index (κ3) is 6.20. The molecule has 3 heterocycles. The maximum Gasteiger partial charge on any atom is 0.339 e. The van der Waals surface area contributed by atoms with Gasteiger partial charge in [-0.2, -0.15) is 0 Å². The lowest BCUT2D eigenvalue weighted by Crippen LogP contribution is -2.36. The maximum absolute atomic E-state index is 13.4. The summed E-state index contributed by atoms with van der Waals surface area (Å²) >= 11 is 0. The highest BCUT2D eigenvalue weighted by Crippen LogP contribution is 2.28. The van der Waals surface area contributed by atoms with Gasteiger partial charge in [-0.25, -0.2) is 19.1 Å². The molecule has 15 nitrogen and oxygen atoms in total. The fourth-order valence-electron chi connectivity index (χ4n) is 5.19. The number of aromatic nitrogens is 7. The summed E-state index contributed by atoms with van der Waals surface area (Å²) in [6.45, 7) is 0. The molecule has 1 saturated carbocycles. The molecule has 1 aliphatic carbocycles. The van der Waals surface area contributed by atoms with Crippen molar-refractivity contribution >= 4 is 11.9 Å². The Morgan fingerprint density at radius 3 is 1.89 bits per heavy atom. The van der Waals surface area contributed by atoms with Gasteiger partial charge in [-0.3, -0.25) is 4.79 Å². The first kappa shape index (κ1) is 29.4. The Hall–Kier alpha value is -5.67. The average molecular weight is 613 g/mol. The van der Waals surface area contributed by atoms with Gasteiger partial charge in [-0.15, -0.1) is 10.2 Å². The van der Waals surface area contributed by atoms with Crippen LogP contribution in [0.25, 0.3) is 34.2 Å². The Balaban J connectivity index is 1.36. The number of nitrogens with zero attached hydrogens (tertiary/aromatic N) is 7. The Morgan fingerprint density at radius 1 is 0.778 bits per heavy atom.